The summed E-state index contributed by atoms with van der Waals surface area (Å²) < 4.78 is 15.3. The molecule has 0 aromatic heterocycles. The van der Waals surface area contributed by atoms with Gasteiger partial charge in [0.25, 0.3) is 11.8 Å². The van der Waals surface area contributed by atoms with Gasteiger partial charge in [0.2, 0.25) is 5.91 Å². The molecule has 28 heavy (non-hydrogen) atoms. The first-order valence-corrected chi connectivity index (χ1v) is 8.67. The van der Waals surface area contributed by atoms with Crippen molar-refractivity contribution >= 4 is 23.7 Å². The Balaban J connectivity index is 1.47. The van der Waals surface area contributed by atoms with E-state index >= 15 is 0 Å². The smallest absolute Gasteiger partial charge is 0.329 e. The molecule has 0 spiro atoms. The average Bonchev–Trinajstić information content (AvgIpc) is 2.91. The second kappa shape index (κ2) is 11.1. The van der Waals surface area contributed by atoms with Crippen LogP contribution in [0.1, 0.15) is 20.7 Å². The fraction of sp³-hybridized carbons (Fsp3) is 0.444. The number of rotatable bonds is 13. The van der Waals surface area contributed by atoms with Gasteiger partial charge in [0.1, 0.15) is 13.2 Å². The largest absolute Gasteiger partial charge is 0.480 e. The molecule has 1 aromatic rings. The van der Waals surface area contributed by atoms with E-state index in [4.69, 9.17) is 14.6 Å². The molecule has 10 nitrogen and oxygen atoms in total. The van der Waals surface area contributed by atoms with E-state index in [1.807, 2.05) is 0 Å². The van der Waals surface area contributed by atoms with Crippen molar-refractivity contribution in [2.75, 3.05) is 52.7 Å². The molecule has 10 heteroatoms. The fourth-order valence-electron chi connectivity index (χ4n) is 2.46. The van der Waals surface area contributed by atoms with Gasteiger partial charge in [-0.15, -0.1) is 0 Å². The number of carboxylic acids is 1. The van der Waals surface area contributed by atoms with E-state index in [1.54, 1.807) is 24.3 Å². The van der Waals surface area contributed by atoms with Crippen LogP contribution in [0.3, 0.4) is 0 Å². The molecule has 0 radical (unpaired) electrons. The monoisotopic (exact) mass is 394 g/mol. The van der Waals surface area contributed by atoms with Crippen LogP contribution >= 0.6 is 0 Å². The minimum Gasteiger partial charge on any atom is -0.480 e. The Kier molecular flexibility index (Phi) is 8.53. The van der Waals surface area contributed by atoms with Crippen LogP contribution in [0.5, 0.6) is 0 Å². The fourth-order valence-corrected chi connectivity index (χ4v) is 2.46. The van der Waals surface area contributed by atoms with Gasteiger partial charge in [-0.05, 0) is 12.1 Å². The van der Waals surface area contributed by atoms with E-state index < -0.39 is 18.5 Å². The summed E-state index contributed by atoms with van der Waals surface area (Å²) in [6.45, 7) is 0.587. The Morgan fingerprint density at radius 2 is 1.50 bits per heavy atom. The summed E-state index contributed by atoms with van der Waals surface area (Å²) in [6, 6.07) is 6.68. The van der Waals surface area contributed by atoms with Crippen molar-refractivity contribution in [2.24, 2.45) is 0 Å². The van der Waals surface area contributed by atoms with Crippen molar-refractivity contribution in [2.45, 2.75) is 0 Å². The van der Waals surface area contributed by atoms with E-state index in [1.165, 1.54) is 0 Å². The third-order valence-electron chi connectivity index (χ3n) is 3.74. The van der Waals surface area contributed by atoms with E-state index in [0.29, 0.717) is 11.1 Å². The molecule has 0 aliphatic carbocycles. The number of benzene rings is 1. The highest BCUT2D eigenvalue weighted by atomic mass is 16.5. The summed E-state index contributed by atoms with van der Waals surface area (Å²) in [5.41, 5.74) is 0.817. The molecule has 1 heterocycles. The number of carbonyl (C=O) groups is 4. The molecule has 1 aliphatic heterocycles. The van der Waals surface area contributed by atoms with Gasteiger partial charge in [0, 0.05) is 6.54 Å². The van der Waals surface area contributed by atoms with Crippen LogP contribution in [0.4, 0.5) is 0 Å². The van der Waals surface area contributed by atoms with Crippen molar-refractivity contribution in [1.29, 1.82) is 0 Å². The molecule has 0 unspecified atom stereocenters. The van der Waals surface area contributed by atoms with Crippen molar-refractivity contribution in [3.05, 3.63) is 35.4 Å². The number of hydrogen-bond donors (Lipinski definition) is 2. The summed E-state index contributed by atoms with van der Waals surface area (Å²) in [5.74, 6) is -2.20. The number of ether oxygens (including phenoxy) is 3. The Morgan fingerprint density at radius 1 is 0.893 bits per heavy atom. The molecular formula is C18H22N2O8. The Morgan fingerprint density at radius 3 is 2.11 bits per heavy atom. The number of aliphatic carboxylic acids is 1. The SMILES string of the molecule is O=C(O)COCC(=O)NCCOCCOCCN1C(=O)c2ccccc2C1=O. The van der Waals surface area contributed by atoms with Gasteiger partial charge in [-0.25, -0.2) is 4.79 Å². The summed E-state index contributed by atoms with van der Waals surface area (Å²) in [5, 5.41) is 10.9. The first-order chi connectivity index (χ1) is 13.5. The lowest BCUT2D eigenvalue weighted by Crippen LogP contribution is -2.33. The van der Waals surface area contributed by atoms with E-state index in [9.17, 15) is 19.2 Å². The minimum absolute atomic E-state index is 0.165. The van der Waals surface area contributed by atoms with Crippen molar-refractivity contribution < 1.29 is 38.5 Å². The zero-order valence-corrected chi connectivity index (χ0v) is 15.2. The minimum atomic E-state index is -1.14. The van der Waals surface area contributed by atoms with Gasteiger partial charge >= 0.3 is 5.97 Å². The van der Waals surface area contributed by atoms with Gasteiger partial charge in [-0.2, -0.15) is 0 Å². The third-order valence-corrected chi connectivity index (χ3v) is 3.74. The summed E-state index contributed by atoms with van der Waals surface area (Å²) >= 11 is 0. The summed E-state index contributed by atoms with van der Waals surface area (Å²) in [4.78, 5) is 47.0. The molecule has 0 fully saturated rings. The van der Waals surface area contributed by atoms with Crippen molar-refractivity contribution in [1.82, 2.24) is 10.2 Å². The zero-order chi connectivity index (χ0) is 20.4. The lowest BCUT2D eigenvalue weighted by Gasteiger charge is -2.13. The number of amides is 3. The second-order valence-corrected chi connectivity index (χ2v) is 5.77. The molecule has 0 atom stereocenters. The summed E-state index contributed by atoms with van der Waals surface area (Å²) in [7, 11) is 0. The van der Waals surface area contributed by atoms with Gasteiger partial charge in [-0.1, -0.05) is 12.1 Å². The lowest BCUT2D eigenvalue weighted by atomic mass is 10.1. The molecule has 0 saturated carbocycles. The predicted octanol–water partition coefficient (Wildman–Crippen LogP) is -0.467. The van der Waals surface area contributed by atoms with E-state index in [2.05, 4.69) is 10.1 Å². The molecule has 2 N–H and O–H groups in total. The number of carbonyl (C=O) groups excluding carboxylic acids is 3. The number of nitrogens with one attached hydrogen (secondary N) is 1. The van der Waals surface area contributed by atoms with Crippen LogP contribution < -0.4 is 5.32 Å². The highest BCUT2D eigenvalue weighted by molar-refractivity contribution is 6.21. The number of imide groups is 1. The third kappa shape index (κ3) is 6.41. The van der Waals surface area contributed by atoms with Crippen molar-refractivity contribution in [3.63, 3.8) is 0 Å². The highest BCUT2D eigenvalue weighted by Crippen LogP contribution is 2.21. The topological polar surface area (TPSA) is 131 Å². The molecular weight excluding hydrogens is 372 g/mol. The molecule has 2 rings (SSSR count). The summed E-state index contributed by atoms with van der Waals surface area (Å²) in [6.07, 6.45) is 0. The Bertz CT molecular complexity index is 686. The van der Waals surface area contributed by atoms with Crippen LogP contribution in [-0.2, 0) is 23.8 Å². The maximum atomic E-state index is 12.2. The number of carboxylic acid groups (broad SMARTS) is 1. The van der Waals surface area contributed by atoms with E-state index in [0.717, 1.165) is 4.90 Å². The molecule has 0 bridgehead atoms. The first-order valence-electron chi connectivity index (χ1n) is 8.67. The molecule has 1 aliphatic rings. The van der Waals surface area contributed by atoms with Crippen LogP contribution in [0, 0.1) is 0 Å². The quantitative estimate of drug-likeness (QED) is 0.339. The van der Waals surface area contributed by atoms with Gasteiger partial charge in [-0.3, -0.25) is 19.3 Å². The Labute approximate surface area is 161 Å². The maximum Gasteiger partial charge on any atom is 0.329 e. The zero-order valence-electron chi connectivity index (χ0n) is 15.2. The average molecular weight is 394 g/mol. The maximum absolute atomic E-state index is 12.2. The second-order valence-electron chi connectivity index (χ2n) is 5.77. The van der Waals surface area contributed by atoms with Crippen LogP contribution in [0.25, 0.3) is 0 Å². The van der Waals surface area contributed by atoms with Gasteiger partial charge in [0.15, 0.2) is 0 Å². The lowest BCUT2D eigenvalue weighted by molar-refractivity contribution is -0.143. The molecule has 0 saturated heterocycles. The van der Waals surface area contributed by atoms with Crippen LogP contribution in [0.15, 0.2) is 24.3 Å². The van der Waals surface area contributed by atoms with Gasteiger partial charge in [0.05, 0.1) is 44.1 Å². The number of nitrogens with zero attached hydrogens (tertiary/aromatic N) is 1. The van der Waals surface area contributed by atoms with Crippen molar-refractivity contribution in [3.8, 4) is 0 Å². The first kappa shape index (κ1) is 21.5. The molecule has 3 amide bonds. The van der Waals surface area contributed by atoms with Crippen LogP contribution in [0.2, 0.25) is 0 Å². The standard InChI is InChI=1S/C18H22N2O8/c21-15(11-28-12-16(22)23)19-5-7-26-9-10-27-8-6-20-17(24)13-3-1-2-4-14(13)18(20)25/h1-4H,5-12H2,(H,19,21)(H,22,23). The number of hydrogen-bond acceptors (Lipinski definition) is 7. The highest BCUT2D eigenvalue weighted by Gasteiger charge is 2.34. The van der Waals surface area contributed by atoms with Crippen LogP contribution in [-0.4, -0.2) is 86.4 Å². The molecule has 152 valence electrons. The normalized spacial score (nSPS) is 12.9. The predicted molar refractivity (Wildman–Crippen MR) is 94.9 cm³/mol. The number of fused-ring (bicyclic) bond motifs is 1. The van der Waals surface area contributed by atoms with Gasteiger partial charge < -0.3 is 24.6 Å². The molecule has 1 aromatic carbocycles. The Hall–Kier alpha value is -2.82. The van der Waals surface area contributed by atoms with E-state index in [-0.39, 0.29) is 57.9 Å².